The van der Waals surface area contributed by atoms with Crippen LogP contribution in [0, 0.1) is 0 Å². The van der Waals surface area contributed by atoms with Crippen LogP contribution in [0.3, 0.4) is 0 Å². The summed E-state index contributed by atoms with van der Waals surface area (Å²) in [5, 5.41) is 0. The Balaban J connectivity index is 2.95. The van der Waals surface area contributed by atoms with Crippen molar-refractivity contribution in [3.63, 3.8) is 0 Å². The monoisotopic (exact) mass is 254 g/mol. The van der Waals surface area contributed by atoms with Gasteiger partial charge < -0.3 is 4.79 Å². The second kappa shape index (κ2) is 4.26. The molecule has 0 saturated carbocycles. The summed E-state index contributed by atoms with van der Waals surface area (Å²) in [4.78, 5) is 10.4. The highest BCUT2D eigenvalue weighted by molar-refractivity contribution is 9.09. The third kappa shape index (κ3) is 2.68. The number of hydrogen-bond donors (Lipinski definition) is 0. The summed E-state index contributed by atoms with van der Waals surface area (Å²) in [6, 6.07) is 8.14. The summed E-state index contributed by atoms with van der Waals surface area (Å²) >= 11 is 3.29. The molecular weight excluding hydrogens is 240 g/mol. The van der Waals surface area contributed by atoms with E-state index in [2.05, 4.69) is 48.8 Å². The van der Waals surface area contributed by atoms with Crippen molar-refractivity contribution in [2.75, 3.05) is 0 Å². The number of halogens is 1. The minimum atomic E-state index is -0.184. The van der Waals surface area contributed by atoms with Crippen molar-refractivity contribution < 1.29 is 4.79 Å². The van der Waals surface area contributed by atoms with E-state index in [1.54, 1.807) is 0 Å². The third-order valence-electron chi connectivity index (χ3n) is 2.21. The molecule has 0 radical (unpaired) electrons. The van der Waals surface area contributed by atoms with Crippen LogP contribution in [0.5, 0.6) is 0 Å². The van der Waals surface area contributed by atoms with Crippen molar-refractivity contribution in [2.24, 2.45) is 0 Å². The van der Waals surface area contributed by atoms with Gasteiger partial charge in [0, 0.05) is 0 Å². The van der Waals surface area contributed by atoms with Crippen molar-refractivity contribution in [1.29, 1.82) is 0 Å². The molecule has 0 spiro atoms. The van der Waals surface area contributed by atoms with Gasteiger partial charge in [-0.2, -0.15) is 0 Å². The van der Waals surface area contributed by atoms with Gasteiger partial charge in [-0.15, -0.1) is 0 Å². The summed E-state index contributed by atoms with van der Waals surface area (Å²) in [7, 11) is 0. The number of carbonyl (C=O) groups is 1. The maximum Gasteiger partial charge on any atom is 0.138 e. The predicted octanol–water partition coefficient (Wildman–Crippen LogP) is 3.62. The highest BCUT2D eigenvalue weighted by Gasteiger charge is 2.13. The van der Waals surface area contributed by atoms with Gasteiger partial charge >= 0.3 is 0 Å². The van der Waals surface area contributed by atoms with Crippen molar-refractivity contribution in [1.82, 2.24) is 0 Å². The summed E-state index contributed by atoms with van der Waals surface area (Å²) in [6.45, 7) is 6.52. The highest BCUT2D eigenvalue weighted by atomic mass is 79.9. The van der Waals surface area contributed by atoms with Gasteiger partial charge in [0.15, 0.2) is 0 Å². The van der Waals surface area contributed by atoms with Gasteiger partial charge in [-0.3, -0.25) is 0 Å². The predicted molar refractivity (Wildman–Crippen MR) is 62.9 cm³/mol. The largest absolute Gasteiger partial charge is 0.302 e. The first kappa shape index (κ1) is 11.4. The van der Waals surface area contributed by atoms with E-state index in [9.17, 15) is 4.79 Å². The Morgan fingerprint density at radius 1 is 1.21 bits per heavy atom. The Morgan fingerprint density at radius 2 is 1.71 bits per heavy atom. The van der Waals surface area contributed by atoms with Gasteiger partial charge in [0.05, 0.1) is 4.83 Å². The molecule has 0 unspecified atom stereocenters. The third-order valence-corrected chi connectivity index (χ3v) is 2.96. The summed E-state index contributed by atoms with van der Waals surface area (Å²) < 4.78 is 0. The molecule has 1 rings (SSSR count). The molecule has 0 heterocycles. The molecule has 76 valence electrons. The standard InChI is InChI=1S/C12H15BrO/c1-12(2,3)10-6-4-9(5-7-10)11(13)8-14/h4-8,11H,1-3H3/t11-/m1/s1. The van der Waals surface area contributed by atoms with Crippen molar-refractivity contribution in [3.05, 3.63) is 35.4 Å². The lowest BCUT2D eigenvalue weighted by molar-refractivity contribution is -0.107. The van der Waals surface area contributed by atoms with Gasteiger partial charge in [-0.1, -0.05) is 61.0 Å². The topological polar surface area (TPSA) is 17.1 Å². The van der Waals surface area contributed by atoms with Crippen molar-refractivity contribution in [2.45, 2.75) is 31.0 Å². The fourth-order valence-electron chi connectivity index (χ4n) is 1.25. The van der Waals surface area contributed by atoms with E-state index in [4.69, 9.17) is 0 Å². The zero-order valence-corrected chi connectivity index (χ0v) is 10.3. The quantitative estimate of drug-likeness (QED) is 0.582. The molecule has 1 atom stereocenters. The van der Waals surface area contributed by atoms with Gasteiger partial charge in [0.2, 0.25) is 0 Å². The number of alkyl halides is 1. The molecule has 0 saturated heterocycles. The molecule has 0 N–H and O–H groups in total. The van der Waals surface area contributed by atoms with Crippen LogP contribution in [0.1, 0.15) is 36.7 Å². The first-order valence-corrected chi connectivity index (χ1v) is 5.56. The molecule has 2 heteroatoms. The van der Waals surface area contributed by atoms with Crippen LogP contribution in [0.2, 0.25) is 0 Å². The number of carbonyl (C=O) groups excluding carboxylic acids is 1. The van der Waals surface area contributed by atoms with E-state index in [0.717, 1.165) is 11.8 Å². The highest BCUT2D eigenvalue weighted by Crippen LogP contribution is 2.25. The smallest absolute Gasteiger partial charge is 0.138 e. The summed E-state index contributed by atoms with van der Waals surface area (Å²) in [6.07, 6.45) is 0.895. The van der Waals surface area contributed by atoms with Crippen LogP contribution in [-0.2, 0) is 10.2 Å². The minimum Gasteiger partial charge on any atom is -0.302 e. The maximum absolute atomic E-state index is 10.5. The lowest BCUT2D eigenvalue weighted by Crippen LogP contribution is -2.10. The first-order chi connectivity index (χ1) is 6.45. The second-order valence-electron chi connectivity index (χ2n) is 4.41. The minimum absolute atomic E-state index is 0.168. The zero-order valence-electron chi connectivity index (χ0n) is 8.75. The lowest BCUT2D eigenvalue weighted by Gasteiger charge is -2.19. The summed E-state index contributed by atoms with van der Waals surface area (Å²) in [5.41, 5.74) is 2.46. The molecule has 1 aromatic carbocycles. The number of aldehydes is 1. The molecule has 0 fully saturated rings. The number of hydrogen-bond acceptors (Lipinski definition) is 1. The van der Waals surface area contributed by atoms with Gasteiger partial charge in [0.1, 0.15) is 6.29 Å². The van der Waals surface area contributed by atoms with E-state index >= 15 is 0 Å². The Labute approximate surface area is 93.7 Å². The molecule has 0 amide bonds. The Morgan fingerprint density at radius 3 is 2.07 bits per heavy atom. The van der Waals surface area contributed by atoms with Crippen LogP contribution in [0.25, 0.3) is 0 Å². The Kier molecular flexibility index (Phi) is 3.48. The fourth-order valence-corrected chi connectivity index (χ4v) is 1.55. The molecule has 1 nitrogen and oxygen atoms in total. The van der Waals surface area contributed by atoms with Gasteiger partial charge in [-0.25, -0.2) is 0 Å². The first-order valence-electron chi connectivity index (χ1n) is 4.65. The second-order valence-corrected chi connectivity index (χ2v) is 5.40. The molecule has 0 aromatic heterocycles. The van der Waals surface area contributed by atoms with Gasteiger partial charge in [-0.05, 0) is 16.5 Å². The number of benzene rings is 1. The molecule has 14 heavy (non-hydrogen) atoms. The Bertz CT molecular complexity index is 308. The fraction of sp³-hybridized carbons (Fsp3) is 0.417. The van der Waals surface area contributed by atoms with E-state index in [0.29, 0.717) is 0 Å². The average molecular weight is 255 g/mol. The van der Waals surface area contributed by atoms with E-state index in [1.807, 2.05) is 12.1 Å². The van der Waals surface area contributed by atoms with Crippen LogP contribution >= 0.6 is 15.9 Å². The molecule has 0 aliphatic carbocycles. The van der Waals surface area contributed by atoms with Crippen LogP contribution < -0.4 is 0 Å². The maximum atomic E-state index is 10.5. The molecule has 0 bridgehead atoms. The SMILES string of the molecule is CC(C)(C)c1ccc([C@H](Br)C=O)cc1. The normalized spacial score (nSPS) is 13.7. The van der Waals surface area contributed by atoms with Crippen molar-refractivity contribution in [3.8, 4) is 0 Å². The van der Waals surface area contributed by atoms with Gasteiger partial charge in [0.25, 0.3) is 0 Å². The molecule has 0 aliphatic heterocycles. The van der Waals surface area contributed by atoms with E-state index < -0.39 is 0 Å². The van der Waals surface area contributed by atoms with Crippen LogP contribution in [-0.4, -0.2) is 6.29 Å². The molecule has 0 aliphatic rings. The van der Waals surface area contributed by atoms with Crippen LogP contribution in [0.15, 0.2) is 24.3 Å². The lowest BCUT2D eigenvalue weighted by atomic mass is 9.86. The van der Waals surface area contributed by atoms with Crippen molar-refractivity contribution >= 4 is 22.2 Å². The summed E-state index contributed by atoms with van der Waals surface area (Å²) in [5.74, 6) is 0. The van der Waals surface area contributed by atoms with Crippen LogP contribution in [0.4, 0.5) is 0 Å². The average Bonchev–Trinajstić information content (AvgIpc) is 2.15. The zero-order chi connectivity index (χ0) is 10.8. The Hall–Kier alpha value is -0.630. The molecular formula is C12H15BrO. The molecule has 1 aromatic rings. The van der Waals surface area contributed by atoms with E-state index in [1.165, 1.54) is 5.56 Å². The number of rotatable bonds is 2. The van der Waals surface area contributed by atoms with E-state index in [-0.39, 0.29) is 10.2 Å².